The van der Waals surface area contributed by atoms with Crippen molar-refractivity contribution in [3.05, 3.63) is 0 Å². The maximum Gasteiger partial charge on any atom is 0.309 e. The number of methoxy groups -OCH3 is 2. The van der Waals surface area contributed by atoms with Crippen molar-refractivity contribution in [1.82, 2.24) is 0 Å². The number of rotatable bonds is 2. The molecule has 5 aliphatic carbocycles. The summed E-state index contributed by atoms with van der Waals surface area (Å²) >= 11 is 0. The van der Waals surface area contributed by atoms with E-state index in [2.05, 4.69) is 0 Å². The number of carbonyl (C=O) groups is 2. The van der Waals surface area contributed by atoms with Gasteiger partial charge in [0.05, 0.1) is 26.1 Å². The Morgan fingerprint density at radius 1 is 0.700 bits per heavy atom. The summed E-state index contributed by atoms with van der Waals surface area (Å²) in [4.78, 5) is 24.4. The van der Waals surface area contributed by atoms with Gasteiger partial charge in [0.15, 0.2) is 0 Å². The van der Waals surface area contributed by atoms with Gasteiger partial charge in [-0.1, -0.05) is 0 Å². The lowest BCUT2D eigenvalue weighted by Gasteiger charge is -2.44. The molecule has 0 aromatic rings. The standard InChI is InChI=1S/C16H20O4/c1-19-15(17)9-5-3-7-10(16(18)20-2)8-4-6(9)12-11(5)13(7)14(8)12/h5-14H,3-4H2,1-2H3. The van der Waals surface area contributed by atoms with Gasteiger partial charge >= 0.3 is 11.9 Å². The Hall–Kier alpha value is -1.06. The molecule has 0 bridgehead atoms. The Bertz CT molecular complexity index is 433. The third kappa shape index (κ3) is 0.961. The van der Waals surface area contributed by atoms with Crippen LogP contribution in [0.15, 0.2) is 0 Å². The van der Waals surface area contributed by atoms with Gasteiger partial charge in [-0.3, -0.25) is 9.59 Å². The summed E-state index contributed by atoms with van der Waals surface area (Å²) in [7, 11) is 3.03. The van der Waals surface area contributed by atoms with Crippen LogP contribution >= 0.6 is 0 Å². The van der Waals surface area contributed by atoms with Crippen LogP contribution in [-0.2, 0) is 19.1 Å². The van der Waals surface area contributed by atoms with Gasteiger partial charge in [0, 0.05) is 0 Å². The Morgan fingerprint density at radius 2 is 1.00 bits per heavy atom. The fourth-order valence-electron chi connectivity index (χ4n) is 7.57. The van der Waals surface area contributed by atoms with Crippen molar-refractivity contribution < 1.29 is 19.1 Å². The molecule has 0 aromatic carbocycles. The quantitative estimate of drug-likeness (QED) is 0.714. The molecule has 0 saturated heterocycles. The first-order valence-corrected chi connectivity index (χ1v) is 7.84. The Labute approximate surface area is 118 Å². The number of esters is 2. The van der Waals surface area contributed by atoms with Crippen molar-refractivity contribution in [2.24, 2.45) is 59.2 Å². The van der Waals surface area contributed by atoms with E-state index in [1.165, 1.54) is 14.2 Å². The zero-order chi connectivity index (χ0) is 13.8. The van der Waals surface area contributed by atoms with Gasteiger partial charge in [0.25, 0.3) is 0 Å². The lowest BCUT2D eigenvalue weighted by molar-refractivity contribution is -0.150. The van der Waals surface area contributed by atoms with Gasteiger partial charge in [-0.05, 0) is 60.2 Å². The first kappa shape index (κ1) is 11.6. The zero-order valence-corrected chi connectivity index (χ0v) is 11.8. The van der Waals surface area contributed by atoms with Crippen molar-refractivity contribution in [1.29, 1.82) is 0 Å². The van der Waals surface area contributed by atoms with Crippen LogP contribution in [0.4, 0.5) is 0 Å². The van der Waals surface area contributed by atoms with Gasteiger partial charge in [0.1, 0.15) is 0 Å². The number of hydrogen-bond acceptors (Lipinski definition) is 4. The normalized spacial score (nSPS) is 59.5. The highest BCUT2D eigenvalue weighted by Crippen LogP contribution is 2.82. The van der Waals surface area contributed by atoms with E-state index in [0.29, 0.717) is 47.3 Å². The SMILES string of the molecule is COC(=O)C1C2CC3C(C(=O)OC)C4CC1C1C2C3C41. The lowest BCUT2D eigenvalue weighted by atomic mass is 9.60. The zero-order valence-electron chi connectivity index (χ0n) is 11.8. The molecule has 4 heteroatoms. The third-order valence-electron chi connectivity index (χ3n) is 7.64. The summed E-state index contributed by atoms with van der Waals surface area (Å²) in [6, 6.07) is 0. The topological polar surface area (TPSA) is 52.6 Å². The highest BCUT2D eigenvalue weighted by atomic mass is 16.5. The van der Waals surface area contributed by atoms with E-state index in [4.69, 9.17) is 9.47 Å². The molecule has 4 nitrogen and oxygen atoms in total. The smallest absolute Gasteiger partial charge is 0.309 e. The van der Waals surface area contributed by atoms with Gasteiger partial charge in [-0.25, -0.2) is 0 Å². The second-order valence-electron chi connectivity index (χ2n) is 7.53. The average Bonchev–Trinajstić information content (AvgIpc) is 3.00. The summed E-state index contributed by atoms with van der Waals surface area (Å²) in [5, 5.41) is 0. The first-order valence-electron chi connectivity index (χ1n) is 7.84. The summed E-state index contributed by atoms with van der Waals surface area (Å²) in [6.45, 7) is 0. The molecule has 0 aliphatic heterocycles. The number of hydrogen-bond donors (Lipinski definition) is 0. The van der Waals surface area contributed by atoms with Crippen LogP contribution in [0, 0.1) is 59.2 Å². The highest BCUT2D eigenvalue weighted by molar-refractivity contribution is 5.77. The largest absolute Gasteiger partial charge is 0.469 e. The van der Waals surface area contributed by atoms with Crippen LogP contribution in [0.3, 0.4) is 0 Å². The van der Waals surface area contributed by atoms with Crippen LogP contribution in [0.1, 0.15) is 12.8 Å². The van der Waals surface area contributed by atoms with Crippen LogP contribution < -0.4 is 0 Å². The molecular formula is C16H20O4. The van der Waals surface area contributed by atoms with Crippen molar-refractivity contribution in [2.75, 3.05) is 14.2 Å². The Kier molecular flexibility index (Phi) is 1.97. The second kappa shape index (κ2) is 3.40. The molecule has 0 amide bonds. The summed E-state index contributed by atoms with van der Waals surface area (Å²) in [5.74, 6) is 5.01. The minimum Gasteiger partial charge on any atom is -0.469 e. The van der Waals surface area contributed by atoms with E-state index in [0.717, 1.165) is 12.8 Å². The summed E-state index contributed by atoms with van der Waals surface area (Å²) < 4.78 is 10.1. The number of carbonyl (C=O) groups excluding carboxylic acids is 2. The third-order valence-corrected chi connectivity index (χ3v) is 7.64. The summed E-state index contributed by atoms with van der Waals surface area (Å²) in [6.07, 6.45) is 2.10. The van der Waals surface area contributed by atoms with E-state index in [-0.39, 0.29) is 23.8 Å². The minimum absolute atomic E-state index is 0.00437. The van der Waals surface area contributed by atoms with Gasteiger partial charge in [-0.2, -0.15) is 0 Å². The maximum absolute atomic E-state index is 12.2. The molecule has 5 rings (SSSR count). The van der Waals surface area contributed by atoms with E-state index in [9.17, 15) is 9.59 Å². The van der Waals surface area contributed by atoms with Gasteiger partial charge in [0.2, 0.25) is 0 Å². The molecule has 5 saturated carbocycles. The fraction of sp³-hybridized carbons (Fsp3) is 0.875. The van der Waals surface area contributed by atoms with E-state index < -0.39 is 0 Å². The first-order chi connectivity index (χ1) is 9.69. The lowest BCUT2D eigenvalue weighted by Crippen LogP contribution is -2.41. The molecule has 5 aliphatic rings. The van der Waals surface area contributed by atoms with E-state index >= 15 is 0 Å². The van der Waals surface area contributed by atoms with Crippen molar-refractivity contribution in [3.8, 4) is 0 Å². The average molecular weight is 276 g/mol. The van der Waals surface area contributed by atoms with Crippen molar-refractivity contribution >= 4 is 11.9 Å². The van der Waals surface area contributed by atoms with E-state index in [1.807, 2.05) is 0 Å². The van der Waals surface area contributed by atoms with Crippen molar-refractivity contribution in [2.45, 2.75) is 12.8 Å². The van der Waals surface area contributed by atoms with Crippen LogP contribution in [-0.4, -0.2) is 26.2 Å². The maximum atomic E-state index is 12.2. The van der Waals surface area contributed by atoms with E-state index in [1.54, 1.807) is 0 Å². The molecule has 0 N–H and O–H groups in total. The predicted octanol–water partition coefficient (Wildman–Crippen LogP) is 1.34. The van der Waals surface area contributed by atoms with Gasteiger partial charge < -0.3 is 9.47 Å². The summed E-state index contributed by atoms with van der Waals surface area (Å²) in [5.41, 5.74) is 0. The highest BCUT2D eigenvalue weighted by Gasteiger charge is 2.80. The van der Waals surface area contributed by atoms with Crippen molar-refractivity contribution in [3.63, 3.8) is 0 Å². The van der Waals surface area contributed by atoms with Crippen LogP contribution in [0.25, 0.3) is 0 Å². The molecule has 0 aromatic heterocycles. The predicted molar refractivity (Wildman–Crippen MR) is 68.2 cm³/mol. The second-order valence-corrected chi connectivity index (χ2v) is 7.53. The Morgan fingerprint density at radius 3 is 1.25 bits per heavy atom. The molecule has 0 heterocycles. The molecule has 5 fully saturated rings. The molecule has 108 valence electrons. The molecular weight excluding hydrogens is 256 g/mol. The molecule has 0 spiro atoms. The van der Waals surface area contributed by atoms with Crippen LogP contribution in [0.2, 0.25) is 0 Å². The fourth-order valence-corrected chi connectivity index (χ4v) is 7.57. The molecule has 4 unspecified atom stereocenters. The number of ether oxygens (including phenoxy) is 2. The molecule has 4 atom stereocenters. The molecule has 0 radical (unpaired) electrons. The minimum atomic E-state index is 0.00437. The Balaban J connectivity index is 1.56. The monoisotopic (exact) mass is 276 g/mol. The van der Waals surface area contributed by atoms with Crippen LogP contribution in [0.5, 0.6) is 0 Å². The van der Waals surface area contributed by atoms with Gasteiger partial charge in [-0.15, -0.1) is 0 Å². The molecule has 20 heavy (non-hydrogen) atoms.